The fourth-order valence-corrected chi connectivity index (χ4v) is 2.36. The summed E-state index contributed by atoms with van der Waals surface area (Å²) in [4.78, 5) is 0. The van der Waals surface area contributed by atoms with Crippen molar-refractivity contribution in [3.05, 3.63) is 70.9 Å². The van der Waals surface area contributed by atoms with Gasteiger partial charge in [0.15, 0.2) is 5.69 Å². The van der Waals surface area contributed by atoms with E-state index in [1.54, 1.807) is 4.68 Å². The standard InChI is InChI=1S/C16H11ClN4/c17-14-9-5-4-8-13(14)11-21-16(15(10-18)19-20-21)12-6-2-1-3-7-12/h1-9H,11H2. The third kappa shape index (κ3) is 2.64. The monoisotopic (exact) mass is 294 g/mol. The SMILES string of the molecule is N#Cc1nnn(Cc2ccccc2Cl)c1-c1ccccc1. The van der Waals surface area contributed by atoms with Crippen LogP contribution in [0.1, 0.15) is 11.3 Å². The van der Waals surface area contributed by atoms with Crippen molar-refractivity contribution < 1.29 is 0 Å². The zero-order chi connectivity index (χ0) is 14.7. The van der Waals surface area contributed by atoms with Crippen LogP contribution in [-0.4, -0.2) is 15.0 Å². The van der Waals surface area contributed by atoms with Crippen molar-refractivity contribution in [1.29, 1.82) is 5.26 Å². The van der Waals surface area contributed by atoms with Gasteiger partial charge in [0.1, 0.15) is 11.8 Å². The Morgan fingerprint density at radius 1 is 1.05 bits per heavy atom. The van der Waals surface area contributed by atoms with Gasteiger partial charge in [0.25, 0.3) is 0 Å². The molecular formula is C16H11ClN4. The fourth-order valence-electron chi connectivity index (χ4n) is 2.17. The topological polar surface area (TPSA) is 54.5 Å². The van der Waals surface area contributed by atoms with Crippen molar-refractivity contribution in [3.63, 3.8) is 0 Å². The molecule has 0 aliphatic rings. The lowest BCUT2D eigenvalue weighted by Gasteiger charge is -2.08. The van der Waals surface area contributed by atoms with Crippen molar-refractivity contribution in [2.24, 2.45) is 0 Å². The third-order valence-corrected chi connectivity index (χ3v) is 3.53. The summed E-state index contributed by atoms with van der Waals surface area (Å²) in [5, 5.41) is 17.9. The molecule has 1 aromatic heterocycles. The minimum Gasteiger partial charge on any atom is -0.239 e. The van der Waals surface area contributed by atoms with E-state index in [-0.39, 0.29) is 0 Å². The van der Waals surface area contributed by atoms with E-state index in [2.05, 4.69) is 16.4 Å². The molecule has 1 heterocycles. The molecular weight excluding hydrogens is 284 g/mol. The van der Waals surface area contributed by atoms with Gasteiger partial charge >= 0.3 is 0 Å². The lowest BCUT2D eigenvalue weighted by molar-refractivity contribution is 0.655. The van der Waals surface area contributed by atoms with Crippen molar-refractivity contribution >= 4 is 11.6 Å². The molecule has 21 heavy (non-hydrogen) atoms. The molecule has 0 spiro atoms. The van der Waals surface area contributed by atoms with Gasteiger partial charge < -0.3 is 0 Å². The van der Waals surface area contributed by atoms with E-state index in [1.807, 2.05) is 54.6 Å². The van der Waals surface area contributed by atoms with Gasteiger partial charge in [-0.15, -0.1) is 5.10 Å². The molecule has 0 saturated heterocycles. The van der Waals surface area contributed by atoms with E-state index >= 15 is 0 Å². The summed E-state index contributed by atoms with van der Waals surface area (Å²) in [6.07, 6.45) is 0. The fraction of sp³-hybridized carbons (Fsp3) is 0.0625. The second-order valence-electron chi connectivity index (χ2n) is 4.51. The Balaban J connectivity index is 2.07. The van der Waals surface area contributed by atoms with Crippen molar-refractivity contribution in [2.45, 2.75) is 6.54 Å². The molecule has 3 rings (SSSR count). The highest BCUT2D eigenvalue weighted by Gasteiger charge is 2.15. The molecule has 102 valence electrons. The van der Waals surface area contributed by atoms with Gasteiger partial charge in [-0.2, -0.15) is 5.26 Å². The maximum Gasteiger partial charge on any atom is 0.190 e. The van der Waals surface area contributed by atoms with E-state index < -0.39 is 0 Å². The molecule has 0 bridgehead atoms. The van der Waals surface area contributed by atoms with Crippen LogP contribution in [0.5, 0.6) is 0 Å². The largest absolute Gasteiger partial charge is 0.239 e. The van der Waals surface area contributed by atoms with Crippen LogP contribution in [0.15, 0.2) is 54.6 Å². The lowest BCUT2D eigenvalue weighted by atomic mass is 10.1. The highest BCUT2D eigenvalue weighted by atomic mass is 35.5. The smallest absolute Gasteiger partial charge is 0.190 e. The van der Waals surface area contributed by atoms with E-state index in [1.165, 1.54) is 0 Å². The average molecular weight is 295 g/mol. The number of hydrogen-bond acceptors (Lipinski definition) is 3. The van der Waals surface area contributed by atoms with E-state index in [4.69, 9.17) is 11.6 Å². The quantitative estimate of drug-likeness (QED) is 0.742. The molecule has 5 heteroatoms. The summed E-state index contributed by atoms with van der Waals surface area (Å²) in [5.74, 6) is 0. The van der Waals surface area contributed by atoms with Gasteiger partial charge in [0, 0.05) is 10.6 Å². The number of nitriles is 1. The van der Waals surface area contributed by atoms with Crippen LogP contribution in [0.25, 0.3) is 11.3 Å². The molecule has 0 aliphatic heterocycles. The predicted molar refractivity (Wildman–Crippen MR) is 80.7 cm³/mol. The number of nitrogens with zero attached hydrogens (tertiary/aromatic N) is 4. The number of benzene rings is 2. The minimum atomic E-state index is 0.313. The van der Waals surface area contributed by atoms with E-state index in [0.717, 1.165) is 11.1 Å². The Bertz CT molecular complexity index is 803. The van der Waals surface area contributed by atoms with Crippen LogP contribution in [0.2, 0.25) is 5.02 Å². The molecule has 0 unspecified atom stereocenters. The minimum absolute atomic E-state index is 0.313. The Morgan fingerprint density at radius 2 is 1.76 bits per heavy atom. The molecule has 0 saturated carbocycles. The van der Waals surface area contributed by atoms with Gasteiger partial charge in [-0.25, -0.2) is 4.68 Å². The highest BCUT2D eigenvalue weighted by molar-refractivity contribution is 6.31. The van der Waals surface area contributed by atoms with Crippen LogP contribution in [0.3, 0.4) is 0 Å². The van der Waals surface area contributed by atoms with Crippen LogP contribution in [0.4, 0.5) is 0 Å². The zero-order valence-electron chi connectivity index (χ0n) is 11.1. The Morgan fingerprint density at radius 3 is 2.48 bits per heavy atom. The van der Waals surface area contributed by atoms with Gasteiger partial charge in [-0.3, -0.25) is 0 Å². The molecule has 4 nitrogen and oxygen atoms in total. The van der Waals surface area contributed by atoms with E-state index in [0.29, 0.717) is 23.0 Å². The summed E-state index contributed by atoms with van der Waals surface area (Å²) in [6.45, 7) is 0.471. The first-order valence-corrected chi connectivity index (χ1v) is 6.80. The summed E-state index contributed by atoms with van der Waals surface area (Å²) in [5.41, 5.74) is 2.86. The molecule has 0 amide bonds. The molecule has 2 aromatic carbocycles. The van der Waals surface area contributed by atoms with Gasteiger partial charge in [0.2, 0.25) is 0 Å². The number of aromatic nitrogens is 3. The van der Waals surface area contributed by atoms with Crippen molar-refractivity contribution in [3.8, 4) is 17.3 Å². The number of halogens is 1. The van der Waals surface area contributed by atoms with Crippen molar-refractivity contribution in [2.75, 3.05) is 0 Å². The van der Waals surface area contributed by atoms with Gasteiger partial charge in [-0.1, -0.05) is 65.3 Å². The van der Waals surface area contributed by atoms with E-state index in [9.17, 15) is 5.26 Å². The molecule has 3 aromatic rings. The molecule has 0 aliphatic carbocycles. The molecule has 0 atom stereocenters. The Kier molecular flexibility index (Phi) is 3.67. The molecule has 0 radical (unpaired) electrons. The molecule has 0 N–H and O–H groups in total. The highest BCUT2D eigenvalue weighted by Crippen LogP contribution is 2.24. The number of hydrogen-bond donors (Lipinski definition) is 0. The van der Waals surface area contributed by atoms with Crippen LogP contribution < -0.4 is 0 Å². The Hall–Kier alpha value is -2.64. The second-order valence-corrected chi connectivity index (χ2v) is 4.92. The summed E-state index contributed by atoms with van der Waals surface area (Å²) in [7, 11) is 0. The van der Waals surface area contributed by atoms with Crippen LogP contribution in [0, 0.1) is 11.3 Å². The summed E-state index contributed by atoms with van der Waals surface area (Å²) < 4.78 is 1.70. The zero-order valence-corrected chi connectivity index (χ0v) is 11.8. The third-order valence-electron chi connectivity index (χ3n) is 3.17. The first-order valence-electron chi connectivity index (χ1n) is 6.42. The Labute approximate surface area is 127 Å². The molecule has 0 fully saturated rings. The van der Waals surface area contributed by atoms with Crippen molar-refractivity contribution in [1.82, 2.24) is 15.0 Å². The van der Waals surface area contributed by atoms with Gasteiger partial charge in [-0.05, 0) is 11.6 Å². The summed E-state index contributed by atoms with van der Waals surface area (Å²) >= 11 is 6.19. The normalized spacial score (nSPS) is 10.3. The maximum absolute atomic E-state index is 9.22. The average Bonchev–Trinajstić information content (AvgIpc) is 2.93. The summed E-state index contributed by atoms with van der Waals surface area (Å²) in [6, 6.07) is 19.3. The first-order chi connectivity index (χ1) is 10.3. The van der Waals surface area contributed by atoms with Crippen LogP contribution >= 0.6 is 11.6 Å². The lowest BCUT2D eigenvalue weighted by Crippen LogP contribution is -2.04. The maximum atomic E-state index is 9.22. The predicted octanol–water partition coefficient (Wildman–Crippen LogP) is 3.52. The number of rotatable bonds is 3. The first kappa shape index (κ1) is 13.3. The second kappa shape index (κ2) is 5.78. The van der Waals surface area contributed by atoms with Crippen LogP contribution in [-0.2, 0) is 6.54 Å². The van der Waals surface area contributed by atoms with Gasteiger partial charge in [0.05, 0.1) is 6.54 Å².